The Balaban J connectivity index is 2.07. The van der Waals surface area contributed by atoms with E-state index in [9.17, 15) is 0 Å². The van der Waals surface area contributed by atoms with Crippen molar-refractivity contribution in [3.63, 3.8) is 0 Å². The van der Waals surface area contributed by atoms with E-state index < -0.39 is 0 Å². The Morgan fingerprint density at radius 2 is 1.86 bits per heavy atom. The summed E-state index contributed by atoms with van der Waals surface area (Å²) < 4.78 is 6.62. The van der Waals surface area contributed by atoms with Gasteiger partial charge in [0, 0.05) is 15.9 Å². The minimum Gasteiger partial charge on any atom is -0.496 e. The van der Waals surface area contributed by atoms with Crippen molar-refractivity contribution in [1.82, 2.24) is 0 Å². The fourth-order valence-electron chi connectivity index (χ4n) is 2.49. The van der Waals surface area contributed by atoms with Crippen LogP contribution in [0.15, 0.2) is 59.1 Å². The molecule has 0 aliphatic rings. The summed E-state index contributed by atoms with van der Waals surface area (Å²) in [4.78, 5) is 0. The van der Waals surface area contributed by atoms with Gasteiger partial charge >= 0.3 is 0 Å². The first-order valence-corrected chi connectivity index (χ1v) is 7.83. The van der Waals surface area contributed by atoms with E-state index in [1.807, 2.05) is 24.3 Å². The van der Waals surface area contributed by atoms with Crippen molar-refractivity contribution < 1.29 is 4.74 Å². The van der Waals surface area contributed by atoms with Gasteiger partial charge in [-0.15, -0.1) is 0 Å². The van der Waals surface area contributed by atoms with Crippen LogP contribution >= 0.6 is 27.5 Å². The van der Waals surface area contributed by atoms with Crippen LogP contribution in [0.25, 0.3) is 10.8 Å². The summed E-state index contributed by atoms with van der Waals surface area (Å²) in [6.07, 6.45) is 0.798. The van der Waals surface area contributed by atoms with E-state index >= 15 is 0 Å². The van der Waals surface area contributed by atoms with Gasteiger partial charge in [0.1, 0.15) is 5.75 Å². The van der Waals surface area contributed by atoms with Gasteiger partial charge in [-0.3, -0.25) is 0 Å². The molecule has 3 rings (SSSR count). The van der Waals surface area contributed by atoms with E-state index in [2.05, 4.69) is 46.3 Å². The number of hydrogen-bond acceptors (Lipinski definition) is 1. The van der Waals surface area contributed by atoms with Gasteiger partial charge in [0.2, 0.25) is 0 Å². The van der Waals surface area contributed by atoms with Gasteiger partial charge in [-0.25, -0.2) is 0 Å². The normalized spacial score (nSPS) is 10.8. The molecule has 0 bridgehead atoms. The molecule has 0 fully saturated rings. The number of fused-ring (bicyclic) bond motifs is 1. The van der Waals surface area contributed by atoms with Crippen LogP contribution in [0.1, 0.15) is 11.1 Å². The van der Waals surface area contributed by atoms with Crippen molar-refractivity contribution in [2.75, 3.05) is 7.11 Å². The number of ether oxygens (including phenoxy) is 1. The maximum atomic E-state index is 6.06. The average Bonchev–Trinajstić information content (AvgIpc) is 2.46. The topological polar surface area (TPSA) is 9.23 Å². The molecule has 106 valence electrons. The second-order valence-corrected chi connectivity index (χ2v) is 6.31. The summed E-state index contributed by atoms with van der Waals surface area (Å²) in [7, 11) is 1.71. The Labute approximate surface area is 137 Å². The highest BCUT2D eigenvalue weighted by Crippen LogP contribution is 2.30. The molecule has 21 heavy (non-hydrogen) atoms. The van der Waals surface area contributed by atoms with Gasteiger partial charge in [0.05, 0.1) is 7.11 Å². The minimum absolute atomic E-state index is 0.759. The summed E-state index contributed by atoms with van der Waals surface area (Å²) in [6, 6.07) is 18.4. The average molecular weight is 362 g/mol. The van der Waals surface area contributed by atoms with E-state index in [4.69, 9.17) is 16.3 Å². The lowest BCUT2D eigenvalue weighted by Gasteiger charge is -2.11. The molecule has 3 heteroatoms. The van der Waals surface area contributed by atoms with Gasteiger partial charge in [-0.1, -0.05) is 45.7 Å². The Hall–Kier alpha value is -1.51. The van der Waals surface area contributed by atoms with Gasteiger partial charge < -0.3 is 4.74 Å². The molecular weight excluding hydrogens is 348 g/mol. The fourth-order valence-corrected chi connectivity index (χ4v) is 3.08. The maximum Gasteiger partial charge on any atom is 0.123 e. The van der Waals surface area contributed by atoms with Crippen LogP contribution in [0, 0.1) is 0 Å². The molecule has 0 atom stereocenters. The molecule has 0 radical (unpaired) electrons. The van der Waals surface area contributed by atoms with E-state index in [1.54, 1.807) is 7.11 Å². The summed E-state index contributed by atoms with van der Waals surface area (Å²) in [5.74, 6) is 0.907. The second-order valence-electron chi connectivity index (χ2n) is 4.96. The Morgan fingerprint density at radius 1 is 1.00 bits per heavy atom. The number of rotatable bonds is 3. The minimum atomic E-state index is 0.759. The molecule has 0 heterocycles. The fraction of sp³-hybridized carbons (Fsp3) is 0.111. The SMILES string of the molecule is COc1cc2ccc(Br)cc2cc1Cc1cccc(Cl)c1. The number of methoxy groups -OCH3 is 1. The van der Waals surface area contributed by atoms with E-state index in [0.29, 0.717) is 0 Å². The van der Waals surface area contributed by atoms with Gasteiger partial charge in [0.25, 0.3) is 0 Å². The highest BCUT2D eigenvalue weighted by molar-refractivity contribution is 9.10. The van der Waals surface area contributed by atoms with Crippen molar-refractivity contribution in [2.45, 2.75) is 6.42 Å². The third-order valence-electron chi connectivity index (χ3n) is 3.49. The predicted octanol–water partition coefficient (Wildman–Crippen LogP) is 5.86. The predicted molar refractivity (Wildman–Crippen MR) is 92.5 cm³/mol. The second kappa shape index (κ2) is 6.08. The molecule has 0 saturated heterocycles. The zero-order valence-electron chi connectivity index (χ0n) is 11.6. The molecule has 0 amide bonds. The molecule has 0 aromatic heterocycles. The van der Waals surface area contributed by atoms with Crippen molar-refractivity contribution in [2.24, 2.45) is 0 Å². The van der Waals surface area contributed by atoms with Crippen molar-refractivity contribution in [3.8, 4) is 5.75 Å². The summed E-state index contributed by atoms with van der Waals surface area (Å²) in [6.45, 7) is 0. The molecular formula is C18H14BrClO. The molecule has 0 aliphatic carbocycles. The van der Waals surface area contributed by atoms with Gasteiger partial charge in [-0.2, -0.15) is 0 Å². The smallest absolute Gasteiger partial charge is 0.123 e. The molecule has 3 aromatic rings. The van der Waals surface area contributed by atoms with Gasteiger partial charge in [-0.05, 0) is 58.3 Å². The summed E-state index contributed by atoms with van der Waals surface area (Å²) >= 11 is 9.58. The quantitative estimate of drug-likeness (QED) is 0.568. The molecule has 0 N–H and O–H groups in total. The van der Waals surface area contributed by atoms with E-state index in [1.165, 1.54) is 16.3 Å². The third-order valence-corrected chi connectivity index (χ3v) is 4.21. The standard InChI is InChI=1S/C18H14BrClO/c1-21-18-11-13-5-6-16(19)10-14(13)9-15(18)7-12-3-2-4-17(20)8-12/h2-6,8-11H,7H2,1H3. The number of halogens is 2. The van der Waals surface area contributed by atoms with Crippen LogP contribution in [0.4, 0.5) is 0 Å². The Morgan fingerprint density at radius 3 is 2.62 bits per heavy atom. The molecule has 0 spiro atoms. The molecule has 3 aromatic carbocycles. The number of benzene rings is 3. The zero-order chi connectivity index (χ0) is 14.8. The first-order valence-electron chi connectivity index (χ1n) is 6.66. The lowest BCUT2D eigenvalue weighted by Crippen LogP contribution is -1.94. The molecule has 0 aliphatic heterocycles. The van der Waals surface area contributed by atoms with Crippen LogP contribution in [0.5, 0.6) is 5.75 Å². The first kappa shape index (κ1) is 14.4. The van der Waals surface area contributed by atoms with Crippen LogP contribution in [0.3, 0.4) is 0 Å². The summed E-state index contributed by atoms with van der Waals surface area (Å²) in [5.41, 5.74) is 2.33. The number of hydrogen-bond donors (Lipinski definition) is 0. The molecule has 1 nitrogen and oxygen atoms in total. The molecule has 0 unspecified atom stereocenters. The molecule has 0 saturated carbocycles. The zero-order valence-corrected chi connectivity index (χ0v) is 13.9. The highest BCUT2D eigenvalue weighted by atomic mass is 79.9. The lowest BCUT2D eigenvalue weighted by atomic mass is 10.00. The van der Waals surface area contributed by atoms with E-state index in [0.717, 1.165) is 27.2 Å². The van der Waals surface area contributed by atoms with Crippen LogP contribution in [-0.2, 0) is 6.42 Å². The van der Waals surface area contributed by atoms with E-state index in [-0.39, 0.29) is 0 Å². The van der Waals surface area contributed by atoms with Crippen molar-refractivity contribution in [3.05, 3.63) is 75.2 Å². The Kier molecular flexibility index (Phi) is 4.18. The largest absolute Gasteiger partial charge is 0.496 e. The van der Waals surface area contributed by atoms with Gasteiger partial charge in [0.15, 0.2) is 0 Å². The third kappa shape index (κ3) is 3.22. The highest BCUT2D eigenvalue weighted by Gasteiger charge is 2.07. The summed E-state index contributed by atoms with van der Waals surface area (Å²) in [5, 5.41) is 3.13. The monoisotopic (exact) mass is 360 g/mol. The van der Waals surface area contributed by atoms with Crippen LogP contribution in [-0.4, -0.2) is 7.11 Å². The van der Waals surface area contributed by atoms with Crippen molar-refractivity contribution in [1.29, 1.82) is 0 Å². The Bertz CT molecular complexity index is 798. The lowest BCUT2D eigenvalue weighted by molar-refractivity contribution is 0.411. The van der Waals surface area contributed by atoms with Crippen molar-refractivity contribution >= 4 is 38.3 Å². The maximum absolute atomic E-state index is 6.06. The van der Waals surface area contributed by atoms with Crippen LogP contribution < -0.4 is 4.74 Å². The van der Waals surface area contributed by atoms with Crippen LogP contribution in [0.2, 0.25) is 5.02 Å². The first-order chi connectivity index (χ1) is 10.2.